The molecule has 1 aliphatic rings. The highest BCUT2D eigenvalue weighted by Gasteiger charge is 2.23. The summed E-state index contributed by atoms with van der Waals surface area (Å²) in [6, 6.07) is 7.59. The topological polar surface area (TPSA) is 49.4 Å². The van der Waals surface area contributed by atoms with Crippen LogP contribution in [0.15, 0.2) is 35.0 Å². The van der Waals surface area contributed by atoms with Gasteiger partial charge in [0.05, 0.1) is 5.56 Å². The van der Waals surface area contributed by atoms with E-state index in [2.05, 4.69) is 12.2 Å². The molecule has 0 saturated heterocycles. The maximum Gasteiger partial charge on any atom is 0.256 e. The number of rotatable bonds is 4. The molecule has 0 spiro atoms. The number of hydrogen-bond acceptors (Lipinski definition) is 3. The highest BCUT2D eigenvalue weighted by atomic mass is 32.1. The molecule has 4 nitrogen and oxygen atoms in total. The van der Waals surface area contributed by atoms with E-state index in [1.165, 1.54) is 11.3 Å². The molecule has 1 aromatic heterocycles. The maximum atomic E-state index is 12.1. The highest BCUT2D eigenvalue weighted by Crippen LogP contribution is 2.30. The SMILES string of the molecule is CCCN1C(=O)CCc2cc(NC(=O)c3ccsc3)ccc21. The highest BCUT2D eigenvalue weighted by molar-refractivity contribution is 7.08. The fourth-order valence-electron chi connectivity index (χ4n) is 2.70. The number of benzene rings is 1. The van der Waals surface area contributed by atoms with Crippen molar-refractivity contribution in [3.63, 3.8) is 0 Å². The Hall–Kier alpha value is -2.14. The normalized spacial score (nSPS) is 13.9. The molecule has 1 N–H and O–H groups in total. The lowest BCUT2D eigenvalue weighted by molar-refractivity contribution is -0.118. The minimum Gasteiger partial charge on any atom is -0.322 e. The molecule has 2 aromatic rings. The summed E-state index contributed by atoms with van der Waals surface area (Å²) in [5.41, 5.74) is 3.55. The molecule has 5 heteroatoms. The molecule has 2 heterocycles. The van der Waals surface area contributed by atoms with Gasteiger partial charge in [0, 0.05) is 29.7 Å². The summed E-state index contributed by atoms with van der Waals surface area (Å²) in [6.07, 6.45) is 2.20. The zero-order valence-corrected chi connectivity index (χ0v) is 13.3. The number of aryl methyl sites for hydroxylation is 1. The molecule has 3 rings (SSSR count). The van der Waals surface area contributed by atoms with Gasteiger partial charge >= 0.3 is 0 Å². The molecule has 0 radical (unpaired) electrons. The molecule has 1 aliphatic heterocycles. The molecule has 0 aliphatic carbocycles. The van der Waals surface area contributed by atoms with E-state index in [4.69, 9.17) is 0 Å². The van der Waals surface area contributed by atoms with Crippen LogP contribution in [0.25, 0.3) is 0 Å². The van der Waals surface area contributed by atoms with Crippen LogP contribution in [0.2, 0.25) is 0 Å². The molecule has 0 unspecified atom stereocenters. The first-order chi connectivity index (χ1) is 10.7. The van der Waals surface area contributed by atoms with Gasteiger partial charge < -0.3 is 10.2 Å². The first-order valence-corrected chi connectivity index (χ1v) is 8.40. The van der Waals surface area contributed by atoms with E-state index in [9.17, 15) is 9.59 Å². The Balaban J connectivity index is 1.82. The van der Waals surface area contributed by atoms with Crippen LogP contribution in [0.5, 0.6) is 0 Å². The van der Waals surface area contributed by atoms with Gasteiger partial charge in [0.2, 0.25) is 5.91 Å². The van der Waals surface area contributed by atoms with Crippen molar-refractivity contribution in [2.75, 3.05) is 16.8 Å². The van der Waals surface area contributed by atoms with E-state index in [0.717, 1.165) is 36.3 Å². The van der Waals surface area contributed by atoms with Crippen molar-refractivity contribution in [2.24, 2.45) is 0 Å². The lowest BCUT2D eigenvalue weighted by Gasteiger charge is -2.29. The van der Waals surface area contributed by atoms with E-state index in [1.54, 1.807) is 6.07 Å². The first-order valence-electron chi connectivity index (χ1n) is 7.46. The van der Waals surface area contributed by atoms with Gasteiger partial charge in [-0.05, 0) is 48.1 Å². The van der Waals surface area contributed by atoms with E-state index in [1.807, 2.05) is 33.9 Å². The van der Waals surface area contributed by atoms with Gasteiger partial charge in [-0.25, -0.2) is 0 Å². The molecule has 114 valence electrons. The van der Waals surface area contributed by atoms with Crippen LogP contribution in [0.1, 0.15) is 35.7 Å². The van der Waals surface area contributed by atoms with Crippen molar-refractivity contribution in [2.45, 2.75) is 26.2 Å². The smallest absolute Gasteiger partial charge is 0.256 e. The summed E-state index contributed by atoms with van der Waals surface area (Å²) in [7, 11) is 0. The van der Waals surface area contributed by atoms with Crippen LogP contribution in [0.4, 0.5) is 11.4 Å². The van der Waals surface area contributed by atoms with Gasteiger partial charge in [-0.3, -0.25) is 9.59 Å². The molecule has 0 bridgehead atoms. The standard InChI is InChI=1S/C17H18N2O2S/c1-2-8-19-15-5-4-14(10-12(15)3-6-16(19)20)18-17(21)13-7-9-22-11-13/h4-5,7,9-11H,2-3,6,8H2,1H3,(H,18,21). The van der Waals surface area contributed by atoms with Crippen LogP contribution in [-0.2, 0) is 11.2 Å². The quantitative estimate of drug-likeness (QED) is 0.935. The predicted octanol–water partition coefficient (Wildman–Crippen LogP) is 3.69. The monoisotopic (exact) mass is 314 g/mol. The fourth-order valence-corrected chi connectivity index (χ4v) is 3.34. The average Bonchev–Trinajstić information content (AvgIpc) is 3.05. The van der Waals surface area contributed by atoms with Crippen molar-refractivity contribution in [1.82, 2.24) is 0 Å². The second-order valence-electron chi connectivity index (χ2n) is 5.36. The number of hydrogen-bond donors (Lipinski definition) is 1. The molecule has 0 saturated carbocycles. The number of nitrogens with one attached hydrogen (secondary N) is 1. The molecular formula is C17H18N2O2S. The summed E-state index contributed by atoms with van der Waals surface area (Å²) < 4.78 is 0. The molecule has 0 atom stereocenters. The number of anilines is 2. The molecule has 22 heavy (non-hydrogen) atoms. The van der Waals surface area contributed by atoms with Crippen LogP contribution >= 0.6 is 11.3 Å². The van der Waals surface area contributed by atoms with Crippen molar-refractivity contribution >= 4 is 34.5 Å². The second kappa shape index (κ2) is 6.32. The minimum absolute atomic E-state index is 0.0986. The Morgan fingerprint density at radius 1 is 1.32 bits per heavy atom. The van der Waals surface area contributed by atoms with Crippen LogP contribution < -0.4 is 10.2 Å². The van der Waals surface area contributed by atoms with E-state index in [-0.39, 0.29) is 11.8 Å². The Morgan fingerprint density at radius 2 is 2.18 bits per heavy atom. The molecule has 0 fully saturated rings. The number of thiophene rings is 1. The summed E-state index contributed by atoms with van der Waals surface area (Å²) in [5, 5.41) is 6.63. The van der Waals surface area contributed by atoms with Crippen molar-refractivity contribution in [1.29, 1.82) is 0 Å². The number of nitrogens with zero attached hydrogens (tertiary/aromatic N) is 1. The third-order valence-electron chi connectivity index (χ3n) is 3.77. The van der Waals surface area contributed by atoms with E-state index in [0.29, 0.717) is 12.0 Å². The Labute approximate surface area is 133 Å². The maximum absolute atomic E-state index is 12.1. The number of amides is 2. The predicted molar refractivity (Wildman–Crippen MR) is 89.7 cm³/mol. The Morgan fingerprint density at radius 3 is 2.91 bits per heavy atom. The fraction of sp³-hybridized carbons (Fsp3) is 0.294. The van der Waals surface area contributed by atoms with Gasteiger partial charge in [0.1, 0.15) is 0 Å². The van der Waals surface area contributed by atoms with E-state index >= 15 is 0 Å². The van der Waals surface area contributed by atoms with Gasteiger partial charge in [-0.2, -0.15) is 11.3 Å². The lowest BCUT2D eigenvalue weighted by atomic mass is 10.00. The van der Waals surface area contributed by atoms with Gasteiger partial charge in [-0.15, -0.1) is 0 Å². The van der Waals surface area contributed by atoms with Gasteiger partial charge in [0.15, 0.2) is 0 Å². The molecule has 2 amide bonds. The largest absolute Gasteiger partial charge is 0.322 e. The summed E-state index contributed by atoms with van der Waals surface area (Å²) >= 11 is 1.50. The summed E-state index contributed by atoms with van der Waals surface area (Å²) in [6.45, 7) is 2.81. The summed E-state index contributed by atoms with van der Waals surface area (Å²) in [5.74, 6) is 0.0860. The zero-order chi connectivity index (χ0) is 15.5. The molecule has 1 aromatic carbocycles. The second-order valence-corrected chi connectivity index (χ2v) is 6.14. The minimum atomic E-state index is -0.0986. The van der Waals surface area contributed by atoms with Gasteiger partial charge in [-0.1, -0.05) is 6.92 Å². The first kappa shape index (κ1) is 14.8. The third kappa shape index (κ3) is 2.90. The zero-order valence-electron chi connectivity index (χ0n) is 12.5. The van der Waals surface area contributed by atoms with Crippen LogP contribution in [-0.4, -0.2) is 18.4 Å². The lowest BCUT2D eigenvalue weighted by Crippen LogP contribution is -2.35. The summed E-state index contributed by atoms with van der Waals surface area (Å²) in [4.78, 5) is 26.0. The van der Waals surface area contributed by atoms with Crippen LogP contribution in [0.3, 0.4) is 0 Å². The van der Waals surface area contributed by atoms with Crippen molar-refractivity contribution in [3.8, 4) is 0 Å². The van der Waals surface area contributed by atoms with Crippen LogP contribution in [0, 0.1) is 0 Å². The Bertz CT molecular complexity index is 695. The Kier molecular flexibility index (Phi) is 4.24. The average molecular weight is 314 g/mol. The number of carbonyl (C=O) groups excluding carboxylic acids is 2. The molecular weight excluding hydrogens is 296 g/mol. The number of carbonyl (C=O) groups is 2. The number of fused-ring (bicyclic) bond motifs is 1. The van der Waals surface area contributed by atoms with E-state index < -0.39 is 0 Å². The van der Waals surface area contributed by atoms with Crippen molar-refractivity contribution in [3.05, 3.63) is 46.2 Å². The third-order valence-corrected chi connectivity index (χ3v) is 4.45. The van der Waals surface area contributed by atoms with Gasteiger partial charge in [0.25, 0.3) is 5.91 Å². The van der Waals surface area contributed by atoms with Crippen molar-refractivity contribution < 1.29 is 9.59 Å².